The predicted molar refractivity (Wildman–Crippen MR) is 136 cm³/mol. The van der Waals surface area contributed by atoms with E-state index in [0.717, 1.165) is 12.8 Å². The highest BCUT2D eigenvalue weighted by molar-refractivity contribution is 5.99. The molecule has 2 aliphatic rings. The van der Waals surface area contributed by atoms with Crippen molar-refractivity contribution in [3.8, 4) is 5.88 Å². The van der Waals surface area contributed by atoms with Crippen molar-refractivity contribution >= 4 is 17.4 Å². The highest BCUT2D eigenvalue weighted by Gasteiger charge is 2.39. The molecule has 1 aliphatic heterocycles. The zero-order valence-corrected chi connectivity index (χ0v) is 22.0. The lowest BCUT2D eigenvalue weighted by Crippen LogP contribution is -2.54. The Morgan fingerprint density at radius 1 is 1.22 bits per heavy atom. The molecule has 8 nitrogen and oxygen atoms in total. The van der Waals surface area contributed by atoms with Crippen molar-refractivity contribution in [3.63, 3.8) is 0 Å². The van der Waals surface area contributed by atoms with Crippen LogP contribution in [0.25, 0.3) is 0 Å². The molecule has 3 N–H and O–H groups in total. The number of amides is 1. The van der Waals surface area contributed by atoms with Gasteiger partial charge in [0.25, 0.3) is 5.91 Å². The Morgan fingerprint density at radius 3 is 2.44 bits per heavy atom. The van der Waals surface area contributed by atoms with Crippen LogP contribution in [0.4, 0.5) is 10.1 Å². The first-order valence-electron chi connectivity index (χ1n) is 13.3. The van der Waals surface area contributed by atoms with Crippen LogP contribution in [0.5, 0.6) is 5.88 Å². The van der Waals surface area contributed by atoms with Gasteiger partial charge in [-0.05, 0) is 61.5 Å². The summed E-state index contributed by atoms with van der Waals surface area (Å²) in [5.41, 5.74) is -0.292. The van der Waals surface area contributed by atoms with Crippen molar-refractivity contribution in [1.29, 1.82) is 0 Å². The molecule has 1 saturated carbocycles. The van der Waals surface area contributed by atoms with Crippen LogP contribution in [-0.2, 0) is 4.79 Å². The molecule has 0 spiro atoms. The number of alkyl halides is 1. The quantitative estimate of drug-likeness (QED) is 0.334. The summed E-state index contributed by atoms with van der Waals surface area (Å²) in [5.74, 6) is 0.365. The van der Waals surface area contributed by atoms with E-state index in [2.05, 4.69) is 24.1 Å². The van der Waals surface area contributed by atoms with Gasteiger partial charge in [0.05, 0.1) is 25.2 Å². The van der Waals surface area contributed by atoms with Gasteiger partial charge in [-0.15, -0.1) is 0 Å². The van der Waals surface area contributed by atoms with E-state index in [1.807, 2.05) is 18.7 Å². The number of pyridine rings is 1. The maximum Gasteiger partial charge on any atom is 0.270 e. The van der Waals surface area contributed by atoms with Crippen molar-refractivity contribution in [1.82, 2.24) is 10.3 Å². The molecule has 0 radical (unpaired) electrons. The Balaban J connectivity index is 1.76. The highest BCUT2D eigenvalue weighted by atomic mass is 19.1. The molecule has 202 valence electrons. The molecule has 0 bridgehead atoms. The van der Waals surface area contributed by atoms with Crippen molar-refractivity contribution < 1.29 is 28.9 Å². The Hall–Kier alpha value is -2.26. The Bertz CT molecular complexity index is 901. The number of rotatable bonds is 15. The van der Waals surface area contributed by atoms with Crippen LogP contribution in [0.1, 0.15) is 70.3 Å². The van der Waals surface area contributed by atoms with Gasteiger partial charge in [0, 0.05) is 19.6 Å². The fourth-order valence-electron chi connectivity index (χ4n) is 4.97. The first-order valence-corrected chi connectivity index (χ1v) is 13.3. The van der Waals surface area contributed by atoms with Crippen LogP contribution < -0.4 is 15.0 Å². The molecule has 36 heavy (non-hydrogen) atoms. The van der Waals surface area contributed by atoms with Gasteiger partial charge in [-0.2, -0.15) is 0 Å². The highest BCUT2D eigenvalue weighted by Crippen LogP contribution is 2.39. The normalized spacial score (nSPS) is 20.7. The van der Waals surface area contributed by atoms with E-state index in [1.165, 1.54) is 0 Å². The number of hydrogen-bond donors (Lipinski definition) is 3. The lowest BCUT2D eigenvalue weighted by molar-refractivity contribution is -0.127. The number of carbonyl (C=O) groups is 2. The number of aliphatic hydroxyl groups is 2. The number of carbonyl (C=O) groups excluding carboxylic acids is 2. The van der Waals surface area contributed by atoms with E-state index in [9.17, 15) is 24.2 Å². The second-order valence-corrected chi connectivity index (χ2v) is 10.8. The van der Waals surface area contributed by atoms with E-state index in [0.29, 0.717) is 31.1 Å². The smallest absolute Gasteiger partial charge is 0.270 e. The lowest BCUT2D eigenvalue weighted by Gasteiger charge is -2.37. The van der Waals surface area contributed by atoms with Crippen molar-refractivity contribution in [2.24, 2.45) is 23.7 Å². The zero-order chi connectivity index (χ0) is 26.5. The van der Waals surface area contributed by atoms with Gasteiger partial charge in [-0.1, -0.05) is 27.7 Å². The van der Waals surface area contributed by atoms with Gasteiger partial charge in [-0.3, -0.25) is 9.59 Å². The predicted octanol–water partition coefficient (Wildman–Crippen LogP) is 3.15. The number of nitrogens with zero attached hydrogens (tertiary/aromatic N) is 2. The summed E-state index contributed by atoms with van der Waals surface area (Å²) in [6.07, 6.45) is 1.76. The van der Waals surface area contributed by atoms with Crippen LogP contribution in [0.15, 0.2) is 12.1 Å². The first kappa shape index (κ1) is 28.3. The number of halogens is 1. The van der Waals surface area contributed by atoms with Crippen LogP contribution in [0, 0.1) is 23.7 Å². The molecule has 2 fully saturated rings. The Labute approximate surface area is 213 Å². The van der Waals surface area contributed by atoms with Crippen molar-refractivity contribution in [2.45, 2.75) is 71.5 Å². The van der Waals surface area contributed by atoms with Gasteiger partial charge in [0.2, 0.25) is 5.88 Å². The number of anilines is 1. The maximum atomic E-state index is 13.5. The molecular weight excluding hydrogens is 465 g/mol. The van der Waals surface area contributed by atoms with E-state index in [4.69, 9.17) is 4.74 Å². The minimum Gasteiger partial charge on any atom is -0.476 e. The molecule has 2 heterocycles. The molecule has 1 saturated heterocycles. The number of aliphatic hydroxyl groups excluding tert-OH is 2. The van der Waals surface area contributed by atoms with Crippen LogP contribution in [0.2, 0.25) is 0 Å². The van der Waals surface area contributed by atoms with E-state index in [-0.39, 0.29) is 67.8 Å². The van der Waals surface area contributed by atoms with Gasteiger partial charge < -0.3 is 25.2 Å². The fraction of sp³-hybridized carbons (Fsp3) is 0.741. The molecule has 3 atom stereocenters. The Morgan fingerprint density at radius 2 is 1.92 bits per heavy atom. The molecule has 1 amide bonds. The second kappa shape index (κ2) is 12.3. The minimum atomic E-state index is -1.05. The van der Waals surface area contributed by atoms with Gasteiger partial charge >= 0.3 is 0 Å². The van der Waals surface area contributed by atoms with E-state index < -0.39 is 17.6 Å². The monoisotopic (exact) mass is 507 g/mol. The van der Waals surface area contributed by atoms with E-state index >= 15 is 0 Å². The van der Waals surface area contributed by atoms with Crippen LogP contribution in [0.3, 0.4) is 0 Å². The summed E-state index contributed by atoms with van der Waals surface area (Å²) in [5, 5.41) is 22.0. The number of Topliss-reactive ketones (excluding diaryl/α,β-unsaturated/α-hetero) is 1. The number of nitrogens with one attached hydrogen (secondary N) is 1. The largest absolute Gasteiger partial charge is 0.476 e. The number of ether oxygens (including phenoxy) is 1. The summed E-state index contributed by atoms with van der Waals surface area (Å²) in [7, 11) is 0. The average molecular weight is 508 g/mol. The topological polar surface area (TPSA) is 112 Å². The Kier molecular flexibility index (Phi) is 9.69. The molecule has 0 aromatic carbocycles. The molecular formula is C27H42FN3O5. The van der Waals surface area contributed by atoms with Gasteiger partial charge in [0.1, 0.15) is 17.6 Å². The number of aromatic nitrogens is 1. The second-order valence-electron chi connectivity index (χ2n) is 10.8. The number of ketones is 1. The summed E-state index contributed by atoms with van der Waals surface area (Å²) < 4.78 is 19.4. The van der Waals surface area contributed by atoms with E-state index in [1.54, 1.807) is 12.1 Å². The molecule has 9 heteroatoms. The standard InChI is InChI=1S/C27H42FN3O5/c1-5-27(6-2,24(34)10-18(14-32)9-17(3)4)30-25(35)22-7-8-23(31-12-21(28)13-31)26(29-22)36-16-20-11-19(20)15-33/h7-8,17-21,32-33H,5-6,9-16H2,1-4H3,(H,30,35)/t18-,19-,20-/m1/s1. The average Bonchev–Trinajstić information content (AvgIpc) is 3.61. The molecule has 1 aromatic rings. The van der Waals surface area contributed by atoms with Gasteiger partial charge in [-0.25, -0.2) is 9.37 Å². The van der Waals surface area contributed by atoms with Crippen LogP contribution in [-0.4, -0.2) is 71.5 Å². The molecule has 1 aliphatic carbocycles. The lowest BCUT2D eigenvalue weighted by atomic mass is 9.81. The first-order chi connectivity index (χ1) is 17.2. The molecule has 1 aromatic heterocycles. The van der Waals surface area contributed by atoms with Crippen molar-refractivity contribution in [2.75, 3.05) is 37.8 Å². The third-order valence-electron chi connectivity index (χ3n) is 7.62. The third-order valence-corrected chi connectivity index (χ3v) is 7.62. The summed E-state index contributed by atoms with van der Waals surface area (Å²) in [6, 6.07) is 3.29. The summed E-state index contributed by atoms with van der Waals surface area (Å²) >= 11 is 0. The summed E-state index contributed by atoms with van der Waals surface area (Å²) in [4.78, 5) is 32.9. The third kappa shape index (κ3) is 6.73. The zero-order valence-electron chi connectivity index (χ0n) is 22.0. The number of hydrogen-bond acceptors (Lipinski definition) is 7. The van der Waals surface area contributed by atoms with Crippen LogP contribution >= 0.6 is 0 Å². The fourth-order valence-corrected chi connectivity index (χ4v) is 4.97. The SMILES string of the molecule is CCC(CC)(NC(=O)c1ccc(N2CC(F)C2)c(OC[C@H]2C[C@@H]2CO)n1)C(=O)C[C@H](CO)CC(C)C. The summed E-state index contributed by atoms with van der Waals surface area (Å²) in [6.45, 7) is 8.76. The minimum absolute atomic E-state index is 0.0700. The van der Waals surface area contributed by atoms with Gasteiger partial charge in [0.15, 0.2) is 5.78 Å². The molecule has 3 rings (SSSR count). The molecule has 0 unspecified atom stereocenters. The maximum absolute atomic E-state index is 13.5. The van der Waals surface area contributed by atoms with Crippen molar-refractivity contribution in [3.05, 3.63) is 17.8 Å².